The molecular formula is C20H23NO5S. The van der Waals surface area contributed by atoms with Gasteiger partial charge in [-0.25, -0.2) is 8.42 Å². The number of rotatable bonds is 7. The quantitative estimate of drug-likeness (QED) is 0.413. The third kappa shape index (κ3) is 3.98. The second-order valence-electron chi connectivity index (χ2n) is 6.78. The van der Waals surface area contributed by atoms with Gasteiger partial charge < -0.3 is 9.30 Å². The van der Waals surface area contributed by atoms with E-state index in [-0.39, 0.29) is 22.6 Å². The molecule has 0 N–H and O–H groups in total. The third-order valence-electron chi connectivity index (χ3n) is 4.82. The molecular weight excluding hydrogens is 366 g/mol. The average Bonchev–Trinajstić information content (AvgIpc) is 3.22. The summed E-state index contributed by atoms with van der Waals surface area (Å²) in [5.74, 6) is -0.769. The molecule has 1 aliphatic rings. The van der Waals surface area contributed by atoms with Gasteiger partial charge in [0.2, 0.25) is 5.78 Å². The number of hydrogen-bond acceptors (Lipinski definition) is 5. The van der Waals surface area contributed by atoms with Crippen molar-refractivity contribution in [2.24, 2.45) is 0 Å². The number of carbonyl (C=O) groups excluding carboxylic acids is 2. The predicted molar refractivity (Wildman–Crippen MR) is 101 cm³/mol. The second kappa shape index (κ2) is 7.68. The fraction of sp³-hybridized carbons (Fsp3) is 0.400. The Balaban J connectivity index is 1.79. The molecule has 7 heteroatoms. The molecule has 1 aromatic carbocycles. The maximum absolute atomic E-state index is 12.8. The second-order valence-corrected chi connectivity index (χ2v) is 8.80. The van der Waals surface area contributed by atoms with Gasteiger partial charge in [0.05, 0.1) is 23.1 Å². The van der Waals surface area contributed by atoms with E-state index in [9.17, 15) is 18.0 Å². The van der Waals surface area contributed by atoms with E-state index in [2.05, 4.69) is 0 Å². The average molecular weight is 389 g/mol. The highest BCUT2D eigenvalue weighted by Crippen LogP contribution is 2.32. The van der Waals surface area contributed by atoms with Crippen molar-refractivity contribution < 1.29 is 22.7 Å². The minimum absolute atomic E-state index is 0.175. The Bertz CT molecular complexity index is 957. The summed E-state index contributed by atoms with van der Waals surface area (Å²) in [6.45, 7) is 3.04. The number of ketones is 1. The molecule has 2 aromatic rings. The Hall–Kier alpha value is -2.41. The summed E-state index contributed by atoms with van der Waals surface area (Å²) >= 11 is 0. The smallest absolute Gasteiger partial charge is 0.315 e. The Morgan fingerprint density at radius 3 is 2.48 bits per heavy atom. The molecule has 0 saturated heterocycles. The number of unbranched alkanes of at least 4 members (excludes halogenated alkanes) is 1. The molecule has 6 nitrogen and oxygen atoms in total. The molecule has 0 aliphatic carbocycles. The van der Waals surface area contributed by atoms with Gasteiger partial charge in [-0.2, -0.15) is 0 Å². The van der Waals surface area contributed by atoms with Crippen LogP contribution >= 0.6 is 0 Å². The van der Waals surface area contributed by atoms with Crippen LogP contribution in [0.5, 0.6) is 0 Å². The van der Waals surface area contributed by atoms with Crippen LogP contribution in [0.2, 0.25) is 0 Å². The van der Waals surface area contributed by atoms with Gasteiger partial charge in [-0.1, -0.05) is 13.3 Å². The van der Waals surface area contributed by atoms with Crippen molar-refractivity contribution >= 4 is 21.6 Å². The van der Waals surface area contributed by atoms with Gasteiger partial charge in [-0.15, -0.1) is 0 Å². The number of fused-ring (bicyclic) bond motifs is 1. The van der Waals surface area contributed by atoms with Crippen molar-refractivity contribution in [1.82, 2.24) is 4.57 Å². The van der Waals surface area contributed by atoms with E-state index in [0.29, 0.717) is 30.8 Å². The number of ether oxygens (including phenoxy) is 1. The normalized spacial score (nSPS) is 16.1. The first kappa shape index (κ1) is 19.4. The number of nitrogens with zero attached hydrogens (tertiary/aromatic N) is 1. The lowest BCUT2D eigenvalue weighted by Crippen LogP contribution is -2.14. The molecule has 27 heavy (non-hydrogen) atoms. The standard InChI is InChI=1S/C20H23NO5S/c1-3-4-13-26-20(23)16-11-12-21-17(16)9-10-18(21)19(22)14-5-7-15(8-6-14)27(2,24)25/h5-10,16H,3-4,11-13H2,1-2H3. The SMILES string of the molecule is CCCCOC(=O)C1CCn2c(C(=O)c3ccc(S(C)(=O)=O)cc3)ccc21. The number of esters is 1. The lowest BCUT2D eigenvalue weighted by Gasteiger charge is -2.09. The Morgan fingerprint density at radius 2 is 1.85 bits per heavy atom. The lowest BCUT2D eigenvalue weighted by molar-refractivity contribution is -0.145. The molecule has 1 aliphatic heterocycles. The zero-order chi connectivity index (χ0) is 19.6. The van der Waals surface area contributed by atoms with Gasteiger partial charge in [0.25, 0.3) is 0 Å². The highest BCUT2D eigenvalue weighted by molar-refractivity contribution is 7.90. The topological polar surface area (TPSA) is 82.4 Å². The van der Waals surface area contributed by atoms with Gasteiger partial charge in [0, 0.05) is 24.1 Å². The van der Waals surface area contributed by atoms with Crippen LogP contribution in [0.1, 0.15) is 53.8 Å². The van der Waals surface area contributed by atoms with Gasteiger partial charge in [0.15, 0.2) is 9.84 Å². The number of carbonyl (C=O) groups is 2. The van der Waals surface area contributed by atoms with E-state index in [1.165, 1.54) is 24.3 Å². The van der Waals surface area contributed by atoms with Crippen LogP contribution < -0.4 is 0 Å². The first-order chi connectivity index (χ1) is 12.8. The molecule has 0 bridgehead atoms. The highest BCUT2D eigenvalue weighted by Gasteiger charge is 2.33. The van der Waals surface area contributed by atoms with Gasteiger partial charge in [-0.05, 0) is 49.2 Å². The van der Waals surface area contributed by atoms with Crippen molar-refractivity contribution in [1.29, 1.82) is 0 Å². The molecule has 2 heterocycles. The molecule has 0 saturated carbocycles. The summed E-state index contributed by atoms with van der Waals surface area (Å²) in [5.41, 5.74) is 1.71. The monoisotopic (exact) mass is 389 g/mol. The van der Waals surface area contributed by atoms with Gasteiger partial charge >= 0.3 is 5.97 Å². The summed E-state index contributed by atoms with van der Waals surface area (Å²) in [6.07, 6.45) is 3.55. The van der Waals surface area contributed by atoms with E-state index in [4.69, 9.17) is 4.74 Å². The van der Waals surface area contributed by atoms with Crippen molar-refractivity contribution in [3.05, 3.63) is 53.3 Å². The molecule has 144 valence electrons. The minimum atomic E-state index is -3.30. The predicted octanol–water partition coefficient (Wildman–Crippen LogP) is 2.95. The minimum Gasteiger partial charge on any atom is -0.465 e. The van der Waals surface area contributed by atoms with Crippen LogP contribution in [0.3, 0.4) is 0 Å². The number of benzene rings is 1. The molecule has 1 unspecified atom stereocenters. The molecule has 1 atom stereocenters. The maximum atomic E-state index is 12.8. The zero-order valence-corrected chi connectivity index (χ0v) is 16.3. The Labute approximate surface area is 159 Å². The molecule has 0 radical (unpaired) electrons. The van der Waals surface area contributed by atoms with Crippen molar-refractivity contribution in [3.63, 3.8) is 0 Å². The first-order valence-electron chi connectivity index (χ1n) is 9.03. The van der Waals surface area contributed by atoms with Crippen molar-refractivity contribution in [2.75, 3.05) is 12.9 Å². The van der Waals surface area contributed by atoms with Crippen LogP contribution in [0, 0.1) is 0 Å². The molecule has 0 spiro atoms. The molecule has 0 fully saturated rings. The van der Waals surface area contributed by atoms with Crippen molar-refractivity contribution in [3.8, 4) is 0 Å². The van der Waals surface area contributed by atoms with Crippen molar-refractivity contribution in [2.45, 2.75) is 43.5 Å². The molecule has 3 rings (SSSR count). The Kier molecular flexibility index (Phi) is 5.51. The summed E-state index contributed by atoms with van der Waals surface area (Å²) in [7, 11) is -3.30. The fourth-order valence-corrected chi connectivity index (χ4v) is 3.93. The van der Waals surface area contributed by atoms with Gasteiger partial charge in [-0.3, -0.25) is 9.59 Å². The molecule has 0 amide bonds. The number of hydrogen-bond donors (Lipinski definition) is 0. The summed E-state index contributed by atoms with van der Waals surface area (Å²) in [4.78, 5) is 25.3. The van der Waals surface area contributed by atoms with Crippen LogP contribution in [-0.2, 0) is 25.9 Å². The lowest BCUT2D eigenvalue weighted by atomic mass is 10.1. The van der Waals surface area contributed by atoms with E-state index in [0.717, 1.165) is 24.8 Å². The van der Waals surface area contributed by atoms with E-state index < -0.39 is 9.84 Å². The highest BCUT2D eigenvalue weighted by atomic mass is 32.2. The number of aromatic nitrogens is 1. The van der Waals surface area contributed by atoms with Crippen LogP contribution in [0.15, 0.2) is 41.3 Å². The number of sulfone groups is 1. The largest absolute Gasteiger partial charge is 0.465 e. The summed E-state index contributed by atoms with van der Waals surface area (Å²) in [5, 5.41) is 0. The fourth-order valence-electron chi connectivity index (χ4n) is 3.30. The maximum Gasteiger partial charge on any atom is 0.315 e. The first-order valence-corrected chi connectivity index (χ1v) is 10.9. The summed E-state index contributed by atoms with van der Waals surface area (Å²) in [6, 6.07) is 9.42. The van der Waals surface area contributed by atoms with Crippen LogP contribution in [0.4, 0.5) is 0 Å². The van der Waals surface area contributed by atoms with E-state index in [1.807, 2.05) is 11.5 Å². The third-order valence-corrected chi connectivity index (χ3v) is 5.95. The van der Waals surface area contributed by atoms with E-state index >= 15 is 0 Å². The van der Waals surface area contributed by atoms with Crippen LogP contribution in [-0.4, -0.2) is 37.6 Å². The van der Waals surface area contributed by atoms with E-state index in [1.54, 1.807) is 12.1 Å². The Morgan fingerprint density at radius 1 is 1.15 bits per heavy atom. The molecule has 1 aromatic heterocycles. The zero-order valence-electron chi connectivity index (χ0n) is 15.5. The summed E-state index contributed by atoms with van der Waals surface area (Å²) < 4.78 is 30.3. The van der Waals surface area contributed by atoms with Gasteiger partial charge in [0.1, 0.15) is 0 Å². The van der Waals surface area contributed by atoms with Crippen LogP contribution in [0.25, 0.3) is 0 Å².